The molecule has 0 unspecified atom stereocenters. The van der Waals surface area contributed by atoms with Crippen LogP contribution in [-0.2, 0) is 84.8 Å². The van der Waals surface area contributed by atoms with Gasteiger partial charge in [0.05, 0.1) is 28.8 Å². The molecule has 71 heavy (non-hydrogen) atoms. The van der Waals surface area contributed by atoms with Gasteiger partial charge in [0.1, 0.15) is 16.2 Å². The van der Waals surface area contributed by atoms with Crippen LogP contribution in [0.1, 0.15) is 34.3 Å². The van der Waals surface area contributed by atoms with Crippen LogP contribution in [0.15, 0.2) is 127 Å². The first-order valence-electron chi connectivity index (χ1n) is 19.1. The lowest BCUT2D eigenvalue weighted by Gasteiger charge is -2.22. The van der Waals surface area contributed by atoms with Gasteiger partial charge in [0.15, 0.2) is 0 Å². The molecule has 0 saturated heterocycles. The topological polar surface area (TPSA) is 401 Å². The van der Waals surface area contributed by atoms with E-state index in [2.05, 4.69) is 10.3 Å². The van der Waals surface area contributed by atoms with Crippen molar-refractivity contribution in [2.24, 2.45) is 4.99 Å². The summed E-state index contributed by atoms with van der Waals surface area (Å²) in [6.07, 6.45) is 0.414. The first-order chi connectivity index (χ1) is 33.0. The number of anilines is 1. The quantitative estimate of drug-likeness (QED) is 0.0692. The maximum absolute atomic E-state index is 14.0. The molecule has 380 valence electrons. The second-order valence-corrected chi connectivity index (χ2v) is 19.3. The van der Waals surface area contributed by atoms with E-state index in [0.29, 0.717) is 34.2 Å². The van der Waals surface area contributed by atoms with Crippen LogP contribution in [0.4, 0.5) is 5.69 Å². The van der Waals surface area contributed by atoms with E-state index in [4.69, 9.17) is 47.0 Å². The van der Waals surface area contributed by atoms with Crippen LogP contribution in [0.2, 0.25) is 0 Å². The average molecular weight is 1100 g/mol. The number of hydrogen-bond donors (Lipinski definition) is 4. The summed E-state index contributed by atoms with van der Waals surface area (Å²) < 4.78 is 190. The Morgan fingerprint density at radius 3 is 1.82 bits per heavy atom. The van der Waals surface area contributed by atoms with Gasteiger partial charge in [-0.25, -0.2) is 0 Å². The maximum atomic E-state index is 14.0. The molecule has 1 aliphatic carbocycles. The van der Waals surface area contributed by atoms with Crippen LogP contribution in [0, 0.1) is 0 Å². The molecular formula is C40H37N3O22S6. The highest BCUT2D eigenvalue weighted by Gasteiger charge is 2.26. The van der Waals surface area contributed by atoms with E-state index in [1.54, 1.807) is 55.6 Å². The Morgan fingerprint density at radius 2 is 1.25 bits per heavy atom. The number of hydrogen-bond acceptors (Lipinski definition) is 21. The number of rotatable bonds is 14. The number of carbonyl (C=O) groups excluding carboxylic acids is 2. The molecule has 0 fully saturated rings. The van der Waals surface area contributed by atoms with E-state index in [-0.39, 0.29) is 69.2 Å². The minimum atomic E-state index is -4.95. The van der Waals surface area contributed by atoms with E-state index in [1.165, 1.54) is 54.5 Å². The SMILES string of the molecule is COC(=O)CCCN(C)C(=O)c1ccccc1-c1c2cc(S(=O)(=O)O)c(=NCc3ccc(S(=O)(=O)O)cc3)cc-2oc2cc(NCc3ccccc3S(=O)(=O)O)ccc12.O=S(=O)=O.O=S(=O)=O.O=S(=O)=O. The normalized spacial score (nSPS) is 11.4. The molecule has 0 saturated carbocycles. The highest BCUT2D eigenvalue weighted by molar-refractivity contribution is 7.86. The van der Waals surface area contributed by atoms with Gasteiger partial charge < -0.3 is 19.4 Å². The van der Waals surface area contributed by atoms with Gasteiger partial charge in [-0.1, -0.05) is 48.5 Å². The fourth-order valence-corrected chi connectivity index (χ4v) is 8.29. The molecule has 0 radical (unpaired) electrons. The molecule has 1 amide bonds. The molecule has 6 rings (SSSR count). The van der Waals surface area contributed by atoms with Crippen molar-refractivity contribution in [1.82, 2.24) is 4.90 Å². The van der Waals surface area contributed by atoms with Gasteiger partial charge >= 0.3 is 37.8 Å². The number of benzene rings is 5. The smallest absolute Gasteiger partial charge is 0.425 e. The molecule has 4 aromatic carbocycles. The average Bonchev–Trinajstić information content (AvgIpc) is 3.27. The van der Waals surface area contributed by atoms with Gasteiger partial charge in [-0.15, -0.1) is 37.9 Å². The molecule has 25 nitrogen and oxygen atoms in total. The summed E-state index contributed by atoms with van der Waals surface area (Å²) in [4.78, 5) is 30.4. The fraction of sp³-hybridized carbons (Fsp3) is 0.175. The monoisotopic (exact) mass is 1100 g/mol. The summed E-state index contributed by atoms with van der Waals surface area (Å²) in [6.45, 7) is 0.00637. The molecular weight excluding hydrogens is 1070 g/mol. The zero-order chi connectivity index (χ0) is 53.4. The van der Waals surface area contributed by atoms with Crippen molar-refractivity contribution in [2.75, 3.05) is 26.0 Å². The van der Waals surface area contributed by atoms with Crippen LogP contribution in [-0.4, -0.2) is 114 Å². The summed E-state index contributed by atoms with van der Waals surface area (Å²) in [5.74, 6) is -0.752. The lowest BCUT2D eigenvalue weighted by Crippen LogP contribution is -2.28. The van der Waals surface area contributed by atoms with Gasteiger partial charge in [-0.05, 0) is 65.6 Å². The zero-order valence-corrected chi connectivity index (χ0v) is 41.2. The van der Waals surface area contributed by atoms with Gasteiger partial charge in [0.2, 0.25) is 0 Å². The molecule has 0 spiro atoms. The Morgan fingerprint density at radius 1 is 0.690 bits per heavy atom. The Labute approximate surface area is 408 Å². The van der Waals surface area contributed by atoms with Crippen molar-refractivity contribution in [1.29, 1.82) is 0 Å². The molecule has 1 aliphatic heterocycles. The van der Waals surface area contributed by atoms with E-state index in [0.717, 1.165) is 12.1 Å². The predicted octanol–water partition coefficient (Wildman–Crippen LogP) is 2.67. The Kier molecular flexibility index (Phi) is 21.0. The Balaban J connectivity index is 0.000000998. The molecule has 31 heteroatoms. The number of methoxy groups -OCH3 is 1. The maximum Gasteiger partial charge on any atom is 0.425 e. The number of fused-ring (bicyclic) bond motifs is 2. The Bertz CT molecular complexity index is 3610. The summed E-state index contributed by atoms with van der Waals surface area (Å²) in [5, 5.41) is 3.33. The summed E-state index contributed by atoms with van der Waals surface area (Å²) in [5.41, 5.74) is 2.54. The minimum Gasteiger partial charge on any atom is -0.469 e. The third-order valence-corrected chi connectivity index (χ3v) is 12.0. The van der Waals surface area contributed by atoms with Crippen LogP contribution in [0.3, 0.4) is 0 Å². The number of nitrogens with one attached hydrogen (secondary N) is 1. The van der Waals surface area contributed by atoms with Crippen LogP contribution in [0.5, 0.6) is 0 Å². The lowest BCUT2D eigenvalue weighted by molar-refractivity contribution is -0.140. The first-order valence-corrected chi connectivity index (χ1v) is 26.5. The zero-order valence-electron chi connectivity index (χ0n) is 36.3. The van der Waals surface area contributed by atoms with Crippen LogP contribution >= 0.6 is 0 Å². The van der Waals surface area contributed by atoms with Gasteiger partial charge in [-0.3, -0.25) is 28.2 Å². The molecule has 1 heterocycles. The number of carbonyl (C=O) groups is 2. The standard InChI is InChI=1S/C40H37N3O13S3.3O3S/c1-43(19-7-12-38(44)55-2)40(45)30-10-5-4-9-29(30)39-31-18-15-27(41-24-26-8-3-6-11-36(26)58(49,50)51)20-34(31)56-35-22-33(37(21-32(35)39)59(52,53)54)42-23-25-13-16-28(17-14-25)57(46,47)48;3*1-4(2)3/h3-6,8-11,13-18,20-22,41H,7,12,19,23-24H2,1-2H3,(H,46,47,48)(H,49,50,51)(H,52,53,54);;;. The largest absolute Gasteiger partial charge is 0.469 e. The summed E-state index contributed by atoms with van der Waals surface area (Å²) >= 11 is 0. The van der Waals surface area contributed by atoms with E-state index in [1.807, 2.05) is 0 Å². The number of esters is 1. The van der Waals surface area contributed by atoms with Crippen molar-refractivity contribution in [3.05, 3.63) is 125 Å². The number of amides is 1. The Hall–Kier alpha value is -7.10. The van der Waals surface area contributed by atoms with Crippen molar-refractivity contribution in [2.45, 2.75) is 40.6 Å². The predicted molar refractivity (Wildman–Crippen MR) is 244 cm³/mol. The molecule has 2 aliphatic rings. The third kappa shape index (κ3) is 18.0. The van der Waals surface area contributed by atoms with Crippen molar-refractivity contribution < 1.29 is 95.5 Å². The van der Waals surface area contributed by atoms with Crippen LogP contribution in [0.25, 0.3) is 33.4 Å². The van der Waals surface area contributed by atoms with Crippen molar-refractivity contribution in [3.8, 4) is 22.5 Å². The summed E-state index contributed by atoms with van der Waals surface area (Å²) in [6, 6.07) is 25.0. The van der Waals surface area contributed by atoms with Crippen LogP contribution < -0.4 is 10.7 Å². The number of nitrogens with zero attached hydrogens (tertiary/aromatic N) is 2. The second-order valence-electron chi connectivity index (χ2n) is 13.9. The van der Waals surface area contributed by atoms with E-state index < -0.39 is 79.0 Å². The first kappa shape index (κ1) is 58.2. The fourth-order valence-electron chi connectivity index (χ4n) is 6.44. The van der Waals surface area contributed by atoms with E-state index >= 15 is 0 Å². The van der Waals surface area contributed by atoms with E-state index in [9.17, 15) is 48.5 Å². The third-order valence-electron chi connectivity index (χ3n) is 9.34. The lowest BCUT2D eigenvalue weighted by atomic mass is 9.90. The molecule has 4 aromatic rings. The summed E-state index contributed by atoms with van der Waals surface area (Å²) in [7, 11) is -20.4. The molecule has 0 bridgehead atoms. The van der Waals surface area contributed by atoms with Gasteiger partial charge in [-0.2, -0.15) is 25.3 Å². The van der Waals surface area contributed by atoms with Gasteiger partial charge in [0.25, 0.3) is 36.3 Å². The highest BCUT2D eigenvalue weighted by Crippen LogP contribution is 2.43. The number of ether oxygens (including phenoxy) is 1. The minimum absolute atomic E-state index is 0.0203. The van der Waals surface area contributed by atoms with Gasteiger partial charge in [0, 0.05) is 66.5 Å². The van der Waals surface area contributed by atoms with Crippen molar-refractivity contribution >= 4 is 90.7 Å². The second kappa shape index (κ2) is 25.7. The van der Waals surface area contributed by atoms with Crippen molar-refractivity contribution in [3.63, 3.8) is 0 Å². The molecule has 4 N–H and O–H groups in total. The molecule has 0 atom stereocenters. The molecule has 0 aromatic heterocycles. The highest BCUT2D eigenvalue weighted by atomic mass is 32.2.